The molecule has 0 saturated carbocycles. The Hall–Kier alpha value is -2.27. The molecule has 0 saturated heterocycles. The molecular formula is C15H12N2O2S. The van der Waals surface area contributed by atoms with Gasteiger partial charge in [0, 0.05) is 5.56 Å². The maximum Gasteiger partial charge on any atom is 0.360 e. The molecule has 3 aromatic rings. The number of nitrogens with zero attached hydrogens (tertiary/aromatic N) is 2. The largest absolute Gasteiger partial charge is 0.461 e. The van der Waals surface area contributed by atoms with Crippen molar-refractivity contribution < 1.29 is 9.53 Å². The number of esters is 1. The van der Waals surface area contributed by atoms with Gasteiger partial charge in [0.1, 0.15) is 5.69 Å². The lowest BCUT2D eigenvalue weighted by Crippen LogP contribution is -2.06. The van der Waals surface area contributed by atoms with Crippen molar-refractivity contribution in [3.8, 4) is 11.3 Å². The van der Waals surface area contributed by atoms with E-state index in [1.807, 2.05) is 42.5 Å². The fraction of sp³-hybridized carbons (Fsp3) is 0.133. The summed E-state index contributed by atoms with van der Waals surface area (Å²) < 4.78 is 13.3. The summed E-state index contributed by atoms with van der Waals surface area (Å²) in [6.45, 7) is 2.10. The van der Waals surface area contributed by atoms with Crippen LogP contribution in [-0.2, 0) is 4.74 Å². The summed E-state index contributed by atoms with van der Waals surface area (Å²) >= 11 is 1.02. The van der Waals surface area contributed by atoms with E-state index in [2.05, 4.69) is 8.75 Å². The van der Waals surface area contributed by atoms with Crippen LogP contribution >= 0.6 is 11.7 Å². The third kappa shape index (κ3) is 2.28. The summed E-state index contributed by atoms with van der Waals surface area (Å²) in [5, 5.41) is 2.25. The van der Waals surface area contributed by atoms with Crippen LogP contribution < -0.4 is 0 Å². The van der Waals surface area contributed by atoms with Crippen LogP contribution in [0.2, 0.25) is 0 Å². The average molecular weight is 284 g/mol. The number of carbonyl (C=O) groups excluding carboxylic acids is 1. The number of rotatable bonds is 3. The molecule has 0 spiro atoms. The van der Waals surface area contributed by atoms with Gasteiger partial charge in [-0.2, -0.15) is 8.75 Å². The number of hydrogen-bond donors (Lipinski definition) is 0. The molecule has 0 fully saturated rings. The Morgan fingerprint density at radius 2 is 1.95 bits per heavy atom. The second-order valence-corrected chi connectivity index (χ2v) is 4.77. The van der Waals surface area contributed by atoms with Gasteiger partial charge in [-0.25, -0.2) is 4.79 Å². The van der Waals surface area contributed by atoms with Crippen LogP contribution in [0.1, 0.15) is 17.4 Å². The molecule has 0 N–H and O–H groups in total. The molecule has 0 radical (unpaired) electrons. The maximum atomic E-state index is 11.8. The number of ether oxygens (including phenoxy) is 1. The van der Waals surface area contributed by atoms with Crippen LogP contribution in [0.5, 0.6) is 0 Å². The van der Waals surface area contributed by atoms with Crippen molar-refractivity contribution in [2.24, 2.45) is 0 Å². The van der Waals surface area contributed by atoms with Crippen LogP contribution in [0.25, 0.3) is 22.0 Å². The Morgan fingerprint density at radius 3 is 2.75 bits per heavy atom. The van der Waals surface area contributed by atoms with E-state index in [1.54, 1.807) is 6.92 Å². The maximum absolute atomic E-state index is 11.8. The lowest BCUT2D eigenvalue weighted by atomic mass is 10.0. The molecule has 0 aliphatic heterocycles. The first-order valence-electron chi connectivity index (χ1n) is 6.28. The van der Waals surface area contributed by atoms with E-state index in [1.165, 1.54) is 0 Å². The Balaban J connectivity index is 2.07. The van der Waals surface area contributed by atoms with Crippen molar-refractivity contribution in [3.63, 3.8) is 0 Å². The van der Waals surface area contributed by atoms with Gasteiger partial charge < -0.3 is 4.74 Å². The fourth-order valence-corrected chi connectivity index (χ4v) is 2.60. The van der Waals surface area contributed by atoms with Crippen molar-refractivity contribution >= 4 is 28.5 Å². The third-order valence-electron chi connectivity index (χ3n) is 2.98. The van der Waals surface area contributed by atoms with E-state index in [0.29, 0.717) is 12.3 Å². The van der Waals surface area contributed by atoms with Crippen molar-refractivity contribution in [1.29, 1.82) is 0 Å². The second-order valence-electron chi connectivity index (χ2n) is 4.24. The number of aromatic nitrogens is 2. The Labute approximate surface area is 120 Å². The summed E-state index contributed by atoms with van der Waals surface area (Å²) in [5.41, 5.74) is 1.74. The number of fused-ring (bicyclic) bond motifs is 1. The second kappa shape index (κ2) is 5.38. The molecule has 0 aliphatic carbocycles. The third-order valence-corrected chi connectivity index (χ3v) is 3.51. The Morgan fingerprint density at radius 1 is 1.15 bits per heavy atom. The molecule has 0 bridgehead atoms. The molecule has 1 heterocycles. The summed E-state index contributed by atoms with van der Waals surface area (Å²) in [6.07, 6.45) is 0. The van der Waals surface area contributed by atoms with Gasteiger partial charge in [-0.1, -0.05) is 36.4 Å². The standard InChI is InChI=1S/C15H12N2O2S/c1-2-19-15(18)14-13(16-20-17-14)12-8-7-10-5-3-4-6-11(10)9-12/h3-9H,2H2,1H3. The lowest BCUT2D eigenvalue weighted by Gasteiger charge is -2.03. The molecular weight excluding hydrogens is 272 g/mol. The molecule has 0 aliphatic rings. The van der Waals surface area contributed by atoms with E-state index in [-0.39, 0.29) is 5.69 Å². The van der Waals surface area contributed by atoms with Gasteiger partial charge in [-0.05, 0) is 23.8 Å². The summed E-state index contributed by atoms with van der Waals surface area (Å²) in [4.78, 5) is 11.8. The molecule has 1 aromatic heterocycles. The van der Waals surface area contributed by atoms with Crippen LogP contribution in [0.3, 0.4) is 0 Å². The first-order valence-corrected chi connectivity index (χ1v) is 7.01. The van der Waals surface area contributed by atoms with E-state index in [4.69, 9.17) is 4.74 Å². The van der Waals surface area contributed by atoms with Gasteiger partial charge in [0.15, 0.2) is 5.69 Å². The Bertz CT molecular complexity index is 767. The summed E-state index contributed by atoms with van der Waals surface area (Å²) in [5.74, 6) is -0.426. The van der Waals surface area contributed by atoms with Crippen molar-refractivity contribution in [3.05, 3.63) is 48.2 Å². The first kappa shape index (κ1) is 12.7. The Kier molecular flexibility index (Phi) is 3.43. The lowest BCUT2D eigenvalue weighted by molar-refractivity contribution is 0.0521. The van der Waals surface area contributed by atoms with Crippen molar-refractivity contribution in [1.82, 2.24) is 8.75 Å². The van der Waals surface area contributed by atoms with Gasteiger partial charge >= 0.3 is 5.97 Å². The number of carbonyl (C=O) groups is 1. The van der Waals surface area contributed by atoms with Crippen molar-refractivity contribution in [2.45, 2.75) is 6.92 Å². The molecule has 5 heteroatoms. The minimum atomic E-state index is -0.426. The summed E-state index contributed by atoms with van der Waals surface area (Å²) in [6, 6.07) is 14.0. The molecule has 100 valence electrons. The van der Waals surface area contributed by atoms with Gasteiger partial charge in [-0.3, -0.25) is 0 Å². The zero-order valence-corrected chi connectivity index (χ0v) is 11.7. The average Bonchev–Trinajstić information content (AvgIpc) is 2.96. The highest BCUT2D eigenvalue weighted by Crippen LogP contribution is 2.26. The van der Waals surface area contributed by atoms with Crippen LogP contribution in [0.4, 0.5) is 0 Å². The molecule has 0 atom stereocenters. The van der Waals surface area contributed by atoms with Gasteiger partial charge in [0.25, 0.3) is 0 Å². The van der Waals surface area contributed by atoms with E-state index in [9.17, 15) is 4.79 Å². The number of benzene rings is 2. The number of hydrogen-bond acceptors (Lipinski definition) is 5. The molecule has 3 rings (SSSR count). The van der Waals surface area contributed by atoms with Crippen molar-refractivity contribution in [2.75, 3.05) is 6.61 Å². The topological polar surface area (TPSA) is 52.1 Å². The normalized spacial score (nSPS) is 10.7. The van der Waals surface area contributed by atoms with Gasteiger partial charge in [0.05, 0.1) is 18.3 Å². The van der Waals surface area contributed by atoms with Gasteiger partial charge in [0.2, 0.25) is 0 Å². The van der Waals surface area contributed by atoms with Gasteiger partial charge in [-0.15, -0.1) is 0 Å². The monoisotopic (exact) mass is 284 g/mol. The van der Waals surface area contributed by atoms with Crippen LogP contribution in [0.15, 0.2) is 42.5 Å². The minimum Gasteiger partial charge on any atom is -0.461 e. The zero-order valence-electron chi connectivity index (χ0n) is 10.9. The molecule has 2 aromatic carbocycles. The van der Waals surface area contributed by atoms with E-state index >= 15 is 0 Å². The molecule has 0 unspecified atom stereocenters. The van der Waals surface area contributed by atoms with Crippen LogP contribution in [0, 0.1) is 0 Å². The molecule has 4 nitrogen and oxygen atoms in total. The van der Waals surface area contributed by atoms with E-state index < -0.39 is 5.97 Å². The molecule has 0 amide bonds. The van der Waals surface area contributed by atoms with E-state index in [0.717, 1.165) is 28.1 Å². The highest BCUT2D eigenvalue weighted by Gasteiger charge is 2.19. The smallest absolute Gasteiger partial charge is 0.360 e. The quantitative estimate of drug-likeness (QED) is 0.690. The first-order chi connectivity index (χ1) is 9.79. The highest BCUT2D eigenvalue weighted by molar-refractivity contribution is 6.99. The summed E-state index contributed by atoms with van der Waals surface area (Å²) in [7, 11) is 0. The minimum absolute atomic E-state index is 0.284. The SMILES string of the molecule is CCOC(=O)c1nsnc1-c1ccc2ccccc2c1. The molecule has 20 heavy (non-hydrogen) atoms. The fourth-order valence-electron chi connectivity index (χ4n) is 2.05. The predicted molar refractivity (Wildman–Crippen MR) is 78.8 cm³/mol. The van der Waals surface area contributed by atoms with Crippen LogP contribution in [-0.4, -0.2) is 21.3 Å². The highest BCUT2D eigenvalue weighted by atomic mass is 32.1. The predicted octanol–water partition coefficient (Wildman–Crippen LogP) is 3.54. The zero-order chi connectivity index (χ0) is 13.9.